The number of nitrogens with one attached hydrogen (secondary N) is 1. The van der Waals surface area contributed by atoms with Crippen LogP contribution in [0.25, 0.3) is 0 Å². The number of carbonyl (C=O) groups is 2. The highest BCUT2D eigenvalue weighted by atomic mass is 79.9. The molecule has 5 N–H and O–H groups in total. The number of benzene rings is 1. The number of nitrogen functional groups attached to an aromatic ring is 1. The maximum absolute atomic E-state index is 11.6. The molecule has 2 amide bonds. The molecule has 0 aliphatic heterocycles. The molecule has 18 heavy (non-hydrogen) atoms. The molecule has 0 unspecified atom stereocenters. The van der Waals surface area contributed by atoms with Crippen LogP contribution in [0.4, 0.5) is 11.4 Å². The van der Waals surface area contributed by atoms with E-state index in [0.29, 0.717) is 11.4 Å². The van der Waals surface area contributed by atoms with Gasteiger partial charge in [-0.25, -0.2) is 0 Å². The lowest BCUT2D eigenvalue weighted by molar-refractivity contribution is -0.115. The van der Waals surface area contributed by atoms with Gasteiger partial charge in [-0.3, -0.25) is 9.59 Å². The van der Waals surface area contributed by atoms with Gasteiger partial charge >= 0.3 is 0 Å². The van der Waals surface area contributed by atoms with E-state index in [1.807, 2.05) is 13.0 Å². The number of primary amides is 1. The van der Waals surface area contributed by atoms with E-state index < -0.39 is 5.91 Å². The van der Waals surface area contributed by atoms with Crippen molar-refractivity contribution in [3.63, 3.8) is 0 Å². The maximum Gasteiger partial charge on any atom is 0.234 e. The Balaban J connectivity index is 2.62. The van der Waals surface area contributed by atoms with Crippen molar-refractivity contribution < 1.29 is 9.59 Å². The molecule has 0 bridgehead atoms. The molecule has 0 saturated carbocycles. The molecular formula is C11H14BrN3O2S. The maximum atomic E-state index is 11.6. The van der Waals surface area contributed by atoms with E-state index in [4.69, 9.17) is 11.5 Å². The Hall–Kier alpha value is -1.21. The fraction of sp³-hybridized carbons (Fsp3) is 0.273. The normalized spacial score (nSPS) is 10.1. The molecule has 0 atom stereocenters. The van der Waals surface area contributed by atoms with Crippen molar-refractivity contribution >= 4 is 50.9 Å². The minimum Gasteiger partial charge on any atom is -0.397 e. The van der Waals surface area contributed by atoms with Crippen molar-refractivity contribution in [2.75, 3.05) is 22.6 Å². The Morgan fingerprint density at radius 1 is 1.39 bits per heavy atom. The first kappa shape index (κ1) is 14.8. The van der Waals surface area contributed by atoms with Crippen LogP contribution in [0.3, 0.4) is 0 Å². The van der Waals surface area contributed by atoms with E-state index in [9.17, 15) is 9.59 Å². The predicted molar refractivity (Wildman–Crippen MR) is 78.4 cm³/mol. The van der Waals surface area contributed by atoms with Gasteiger partial charge < -0.3 is 16.8 Å². The number of halogens is 1. The molecule has 5 nitrogen and oxygen atoms in total. The van der Waals surface area contributed by atoms with Crippen molar-refractivity contribution in [2.45, 2.75) is 6.92 Å². The second-order valence-electron chi connectivity index (χ2n) is 3.69. The van der Waals surface area contributed by atoms with Gasteiger partial charge in [-0.15, -0.1) is 11.8 Å². The van der Waals surface area contributed by atoms with Gasteiger partial charge in [-0.05, 0) is 24.6 Å². The number of anilines is 2. The summed E-state index contributed by atoms with van der Waals surface area (Å²) in [6, 6.07) is 3.60. The average Bonchev–Trinajstić information content (AvgIpc) is 2.24. The Morgan fingerprint density at radius 3 is 2.67 bits per heavy atom. The quantitative estimate of drug-likeness (QED) is 0.712. The second-order valence-corrected chi connectivity index (χ2v) is 5.59. The zero-order valence-electron chi connectivity index (χ0n) is 9.83. The zero-order chi connectivity index (χ0) is 13.7. The summed E-state index contributed by atoms with van der Waals surface area (Å²) in [6.45, 7) is 1.86. The van der Waals surface area contributed by atoms with Gasteiger partial charge in [0, 0.05) is 4.47 Å². The summed E-state index contributed by atoms with van der Waals surface area (Å²) >= 11 is 4.50. The lowest BCUT2D eigenvalue weighted by Gasteiger charge is -2.10. The van der Waals surface area contributed by atoms with Crippen molar-refractivity contribution in [3.8, 4) is 0 Å². The molecule has 0 aliphatic carbocycles. The van der Waals surface area contributed by atoms with Gasteiger partial charge in [0.2, 0.25) is 11.8 Å². The third-order valence-corrected chi connectivity index (χ3v) is 3.52. The Labute approximate surface area is 118 Å². The van der Waals surface area contributed by atoms with E-state index in [0.717, 1.165) is 21.8 Å². The van der Waals surface area contributed by atoms with Crippen LogP contribution in [0.2, 0.25) is 0 Å². The number of thioether (sulfide) groups is 1. The molecule has 0 spiro atoms. The largest absolute Gasteiger partial charge is 0.397 e. The number of amides is 2. The molecule has 7 heteroatoms. The van der Waals surface area contributed by atoms with E-state index in [-0.39, 0.29) is 17.4 Å². The van der Waals surface area contributed by atoms with Crippen LogP contribution in [-0.4, -0.2) is 23.3 Å². The molecule has 0 heterocycles. The minimum atomic E-state index is -0.439. The second kappa shape index (κ2) is 6.65. The van der Waals surface area contributed by atoms with Gasteiger partial charge in [0.05, 0.1) is 22.9 Å². The molecule has 0 fully saturated rings. The molecule has 1 rings (SSSR count). The molecule has 1 aromatic rings. The van der Waals surface area contributed by atoms with E-state index in [1.54, 1.807) is 6.07 Å². The van der Waals surface area contributed by atoms with E-state index in [1.165, 1.54) is 0 Å². The number of rotatable bonds is 5. The van der Waals surface area contributed by atoms with Gasteiger partial charge in [-0.1, -0.05) is 15.9 Å². The highest BCUT2D eigenvalue weighted by Crippen LogP contribution is 2.27. The molecular weight excluding hydrogens is 318 g/mol. The van der Waals surface area contributed by atoms with E-state index in [2.05, 4.69) is 21.2 Å². The summed E-state index contributed by atoms with van der Waals surface area (Å²) < 4.78 is 0.842. The van der Waals surface area contributed by atoms with Gasteiger partial charge in [0.25, 0.3) is 0 Å². The van der Waals surface area contributed by atoms with Gasteiger partial charge in [-0.2, -0.15) is 0 Å². The average molecular weight is 332 g/mol. The van der Waals surface area contributed by atoms with Crippen LogP contribution < -0.4 is 16.8 Å². The summed E-state index contributed by atoms with van der Waals surface area (Å²) in [7, 11) is 0. The summed E-state index contributed by atoms with van der Waals surface area (Å²) in [5, 5.41) is 2.70. The van der Waals surface area contributed by atoms with Crippen molar-refractivity contribution in [2.24, 2.45) is 5.73 Å². The topological polar surface area (TPSA) is 98.2 Å². The number of hydrogen-bond donors (Lipinski definition) is 3. The first-order chi connectivity index (χ1) is 8.40. The first-order valence-electron chi connectivity index (χ1n) is 5.11. The monoisotopic (exact) mass is 331 g/mol. The molecule has 98 valence electrons. The summed E-state index contributed by atoms with van der Waals surface area (Å²) in [4.78, 5) is 22.1. The zero-order valence-corrected chi connectivity index (χ0v) is 12.2. The number of carbonyl (C=O) groups excluding carboxylic acids is 2. The molecule has 0 aliphatic rings. The molecule has 1 aromatic carbocycles. The highest BCUT2D eigenvalue weighted by molar-refractivity contribution is 9.10. The number of nitrogens with two attached hydrogens (primary N) is 2. The van der Waals surface area contributed by atoms with Gasteiger partial charge in [0.1, 0.15) is 0 Å². The van der Waals surface area contributed by atoms with Gasteiger partial charge in [0.15, 0.2) is 0 Å². The molecule has 0 radical (unpaired) electrons. The van der Waals surface area contributed by atoms with E-state index >= 15 is 0 Å². The SMILES string of the molecule is Cc1cc(Br)cc(NC(=O)CSCC(N)=O)c1N. The van der Waals surface area contributed by atoms with Crippen LogP contribution in [0.15, 0.2) is 16.6 Å². The van der Waals surface area contributed by atoms with Crippen LogP contribution in [0, 0.1) is 6.92 Å². The minimum absolute atomic E-state index is 0.125. The van der Waals surface area contributed by atoms with Crippen molar-refractivity contribution in [1.29, 1.82) is 0 Å². The van der Waals surface area contributed by atoms with Crippen molar-refractivity contribution in [1.82, 2.24) is 0 Å². The third kappa shape index (κ3) is 4.58. The van der Waals surface area contributed by atoms with Crippen LogP contribution in [-0.2, 0) is 9.59 Å². The number of aryl methyl sites for hydroxylation is 1. The lowest BCUT2D eigenvalue weighted by Crippen LogP contribution is -2.19. The number of hydrogen-bond acceptors (Lipinski definition) is 4. The van der Waals surface area contributed by atoms with Crippen LogP contribution >= 0.6 is 27.7 Å². The fourth-order valence-corrected chi connectivity index (χ4v) is 2.42. The van der Waals surface area contributed by atoms with Crippen LogP contribution in [0.1, 0.15) is 5.56 Å². The third-order valence-electron chi connectivity index (χ3n) is 2.10. The summed E-state index contributed by atoms with van der Waals surface area (Å²) in [6.07, 6.45) is 0. The first-order valence-corrected chi connectivity index (χ1v) is 7.06. The Morgan fingerprint density at radius 2 is 2.06 bits per heavy atom. The lowest BCUT2D eigenvalue weighted by atomic mass is 10.2. The van der Waals surface area contributed by atoms with Crippen molar-refractivity contribution in [3.05, 3.63) is 22.2 Å². The summed E-state index contributed by atoms with van der Waals surface area (Å²) in [5.41, 5.74) is 12.8. The summed E-state index contributed by atoms with van der Waals surface area (Å²) in [5.74, 6) is -0.370. The fourth-order valence-electron chi connectivity index (χ4n) is 1.29. The molecule has 0 aromatic heterocycles. The smallest absolute Gasteiger partial charge is 0.234 e. The van der Waals surface area contributed by atoms with Crippen LogP contribution in [0.5, 0.6) is 0 Å². The predicted octanol–water partition coefficient (Wildman–Crippen LogP) is 1.50. The Bertz CT molecular complexity index is 480. The standard InChI is InChI=1S/C11H14BrN3O2S/c1-6-2-7(12)3-8(11(6)14)15-10(17)5-18-4-9(13)16/h2-3H,4-5,14H2,1H3,(H2,13,16)(H,15,17). The Kier molecular flexibility index (Phi) is 5.49. The highest BCUT2D eigenvalue weighted by Gasteiger charge is 2.08. The molecule has 0 saturated heterocycles.